The lowest BCUT2D eigenvalue weighted by molar-refractivity contribution is 0.0200. The Kier molecular flexibility index (Phi) is 5.75. The predicted octanol–water partition coefficient (Wildman–Crippen LogP) is 1.56. The molecule has 1 atom stereocenters. The molecule has 1 saturated heterocycles. The SMILES string of the molecule is CNCc1cc(S(=O)(=O)NCC2CCCCO2)ccc1C. The van der Waals surface area contributed by atoms with Crippen molar-refractivity contribution in [1.29, 1.82) is 0 Å². The van der Waals surface area contributed by atoms with E-state index in [2.05, 4.69) is 10.0 Å². The summed E-state index contributed by atoms with van der Waals surface area (Å²) in [5, 5.41) is 3.05. The smallest absolute Gasteiger partial charge is 0.240 e. The summed E-state index contributed by atoms with van der Waals surface area (Å²) < 4.78 is 32.9. The van der Waals surface area contributed by atoms with Crippen molar-refractivity contribution in [2.45, 2.75) is 43.7 Å². The van der Waals surface area contributed by atoms with Crippen molar-refractivity contribution in [3.63, 3.8) is 0 Å². The van der Waals surface area contributed by atoms with Crippen molar-refractivity contribution in [1.82, 2.24) is 10.0 Å². The van der Waals surface area contributed by atoms with Crippen LogP contribution < -0.4 is 10.0 Å². The summed E-state index contributed by atoms with van der Waals surface area (Å²) in [5.74, 6) is 0. The fraction of sp³-hybridized carbons (Fsp3) is 0.600. The third kappa shape index (κ3) is 4.51. The van der Waals surface area contributed by atoms with Crippen LogP contribution in [0.4, 0.5) is 0 Å². The van der Waals surface area contributed by atoms with E-state index < -0.39 is 10.0 Å². The second-order valence-corrected chi connectivity index (χ2v) is 7.23. The van der Waals surface area contributed by atoms with E-state index in [0.29, 0.717) is 18.0 Å². The number of sulfonamides is 1. The highest BCUT2D eigenvalue weighted by molar-refractivity contribution is 7.89. The Hall–Kier alpha value is -0.950. The highest BCUT2D eigenvalue weighted by Gasteiger charge is 2.19. The molecule has 1 aromatic rings. The molecule has 0 bridgehead atoms. The minimum atomic E-state index is -3.48. The monoisotopic (exact) mass is 312 g/mol. The number of aryl methyl sites for hydroxylation is 1. The topological polar surface area (TPSA) is 67.4 Å². The Morgan fingerprint density at radius 2 is 2.14 bits per heavy atom. The predicted molar refractivity (Wildman–Crippen MR) is 82.7 cm³/mol. The average molecular weight is 312 g/mol. The Balaban J connectivity index is 2.06. The lowest BCUT2D eigenvalue weighted by Crippen LogP contribution is -2.35. The lowest BCUT2D eigenvalue weighted by Gasteiger charge is -2.22. The Morgan fingerprint density at radius 1 is 1.33 bits per heavy atom. The van der Waals surface area contributed by atoms with Gasteiger partial charge in [0, 0.05) is 19.7 Å². The summed E-state index contributed by atoms with van der Waals surface area (Å²) >= 11 is 0. The molecule has 2 N–H and O–H groups in total. The molecule has 1 unspecified atom stereocenters. The van der Waals surface area contributed by atoms with E-state index in [4.69, 9.17) is 4.74 Å². The molecule has 1 heterocycles. The molecule has 0 spiro atoms. The van der Waals surface area contributed by atoms with Crippen molar-refractivity contribution >= 4 is 10.0 Å². The molecule has 0 saturated carbocycles. The van der Waals surface area contributed by atoms with Gasteiger partial charge in [0.15, 0.2) is 0 Å². The molecule has 1 aromatic carbocycles. The maximum Gasteiger partial charge on any atom is 0.240 e. The minimum absolute atomic E-state index is 0.00393. The molecule has 2 rings (SSSR count). The van der Waals surface area contributed by atoms with Crippen LogP contribution >= 0.6 is 0 Å². The van der Waals surface area contributed by atoms with Crippen LogP contribution in [0.25, 0.3) is 0 Å². The number of rotatable bonds is 6. The van der Waals surface area contributed by atoms with Crippen molar-refractivity contribution in [3.8, 4) is 0 Å². The molecule has 0 radical (unpaired) electrons. The Labute approximate surface area is 127 Å². The van der Waals surface area contributed by atoms with E-state index in [9.17, 15) is 8.42 Å². The van der Waals surface area contributed by atoms with E-state index in [0.717, 1.165) is 37.0 Å². The zero-order valence-corrected chi connectivity index (χ0v) is 13.5. The van der Waals surface area contributed by atoms with Crippen LogP contribution in [0.3, 0.4) is 0 Å². The van der Waals surface area contributed by atoms with Gasteiger partial charge in [0.2, 0.25) is 10.0 Å². The molecule has 0 aliphatic carbocycles. The van der Waals surface area contributed by atoms with E-state index in [1.807, 2.05) is 20.0 Å². The van der Waals surface area contributed by atoms with Crippen molar-refractivity contribution < 1.29 is 13.2 Å². The van der Waals surface area contributed by atoms with Gasteiger partial charge < -0.3 is 10.1 Å². The van der Waals surface area contributed by atoms with Crippen molar-refractivity contribution in [3.05, 3.63) is 29.3 Å². The van der Waals surface area contributed by atoms with Gasteiger partial charge in [0.1, 0.15) is 0 Å². The molecule has 1 fully saturated rings. The quantitative estimate of drug-likeness (QED) is 0.836. The zero-order valence-electron chi connectivity index (χ0n) is 12.7. The summed E-state index contributed by atoms with van der Waals surface area (Å²) in [5.41, 5.74) is 2.08. The largest absolute Gasteiger partial charge is 0.377 e. The number of benzene rings is 1. The number of nitrogens with one attached hydrogen (secondary N) is 2. The van der Waals surface area contributed by atoms with Gasteiger partial charge in [-0.3, -0.25) is 0 Å². The first-order valence-corrected chi connectivity index (χ1v) is 8.86. The van der Waals surface area contributed by atoms with Crippen LogP contribution in [-0.4, -0.2) is 34.7 Å². The summed E-state index contributed by atoms with van der Waals surface area (Å²) in [6.45, 7) is 3.70. The molecule has 0 aromatic heterocycles. The van der Waals surface area contributed by atoms with Crippen LogP contribution in [0.15, 0.2) is 23.1 Å². The second kappa shape index (κ2) is 7.35. The molecule has 5 nitrogen and oxygen atoms in total. The summed E-state index contributed by atoms with van der Waals surface area (Å²) in [7, 11) is -1.63. The summed E-state index contributed by atoms with van der Waals surface area (Å²) in [4.78, 5) is 0.314. The Morgan fingerprint density at radius 3 is 2.81 bits per heavy atom. The van der Waals surface area contributed by atoms with E-state index >= 15 is 0 Å². The van der Waals surface area contributed by atoms with Gasteiger partial charge >= 0.3 is 0 Å². The van der Waals surface area contributed by atoms with Gasteiger partial charge in [-0.2, -0.15) is 0 Å². The molecule has 1 aliphatic rings. The molecule has 1 aliphatic heterocycles. The lowest BCUT2D eigenvalue weighted by atomic mass is 10.1. The molecule has 118 valence electrons. The van der Waals surface area contributed by atoms with E-state index in [1.54, 1.807) is 12.1 Å². The normalized spacial score (nSPS) is 19.6. The Bertz CT molecular complexity index is 566. The minimum Gasteiger partial charge on any atom is -0.377 e. The van der Waals surface area contributed by atoms with Gasteiger partial charge in [-0.15, -0.1) is 0 Å². The van der Waals surface area contributed by atoms with Gasteiger partial charge in [-0.1, -0.05) is 6.07 Å². The van der Waals surface area contributed by atoms with Crippen LogP contribution in [0.2, 0.25) is 0 Å². The summed E-state index contributed by atoms with van der Waals surface area (Å²) in [6, 6.07) is 5.23. The molecular formula is C15H24N2O3S. The number of hydrogen-bond donors (Lipinski definition) is 2. The van der Waals surface area contributed by atoms with Crippen molar-refractivity contribution in [2.24, 2.45) is 0 Å². The first-order valence-electron chi connectivity index (χ1n) is 7.38. The first-order chi connectivity index (χ1) is 10.0. The zero-order chi connectivity index (χ0) is 15.3. The van der Waals surface area contributed by atoms with Gasteiger partial charge in [-0.05, 0) is 56.5 Å². The fourth-order valence-electron chi connectivity index (χ4n) is 2.45. The van der Waals surface area contributed by atoms with Crippen LogP contribution in [0.1, 0.15) is 30.4 Å². The second-order valence-electron chi connectivity index (χ2n) is 5.46. The van der Waals surface area contributed by atoms with Gasteiger partial charge in [-0.25, -0.2) is 13.1 Å². The van der Waals surface area contributed by atoms with Gasteiger partial charge in [0.05, 0.1) is 11.0 Å². The van der Waals surface area contributed by atoms with Crippen LogP contribution in [-0.2, 0) is 21.3 Å². The molecule has 21 heavy (non-hydrogen) atoms. The highest BCUT2D eigenvalue weighted by atomic mass is 32.2. The number of ether oxygens (including phenoxy) is 1. The fourth-order valence-corrected chi connectivity index (χ4v) is 3.57. The average Bonchev–Trinajstić information content (AvgIpc) is 2.49. The maximum absolute atomic E-state index is 12.4. The third-order valence-corrected chi connectivity index (χ3v) is 5.19. The van der Waals surface area contributed by atoms with E-state index in [1.165, 1.54) is 0 Å². The van der Waals surface area contributed by atoms with Crippen LogP contribution in [0, 0.1) is 6.92 Å². The summed E-state index contributed by atoms with van der Waals surface area (Å²) in [6.07, 6.45) is 3.08. The third-order valence-electron chi connectivity index (χ3n) is 3.77. The van der Waals surface area contributed by atoms with Crippen molar-refractivity contribution in [2.75, 3.05) is 20.2 Å². The molecular weight excluding hydrogens is 288 g/mol. The maximum atomic E-state index is 12.4. The van der Waals surface area contributed by atoms with E-state index in [-0.39, 0.29) is 6.10 Å². The number of hydrogen-bond acceptors (Lipinski definition) is 4. The molecule has 0 amide bonds. The standard InChI is InChI=1S/C15H24N2O3S/c1-12-6-7-15(9-13(12)10-16-2)21(18,19)17-11-14-5-3-4-8-20-14/h6-7,9,14,16-17H,3-5,8,10-11H2,1-2H3. The first kappa shape index (κ1) is 16.4. The van der Waals surface area contributed by atoms with Gasteiger partial charge in [0.25, 0.3) is 0 Å². The highest BCUT2D eigenvalue weighted by Crippen LogP contribution is 2.17. The van der Waals surface area contributed by atoms with Crippen LogP contribution in [0.5, 0.6) is 0 Å². The molecule has 6 heteroatoms.